The summed E-state index contributed by atoms with van der Waals surface area (Å²) in [5, 5.41) is 38.6. The smallest absolute Gasteiger partial charge is 0.466 e. The number of fused-ring (bicyclic) bond motifs is 2. The predicted molar refractivity (Wildman–Crippen MR) is 94.8 cm³/mol. The van der Waals surface area contributed by atoms with Crippen LogP contribution in [0, 0.1) is 0 Å². The number of rotatable bonds is 1. The van der Waals surface area contributed by atoms with Gasteiger partial charge in [-0.05, 0) is 18.2 Å². The van der Waals surface area contributed by atoms with Crippen LogP contribution in [-0.4, -0.2) is 37.3 Å². The van der Waals surface area contributed by atoms with Crippen LogP contribution >= 0.6 is 0 Å². The fourth-order valence-corrected chi connectivity index (χ4v) is 4.40. The molecule has 13 nitrogen and oxygen atoms in total. The van der Waals surface area contributed by atoms with Gasteiger partial charge in [0.1, 0.15) is 11.0 Å². The maximum atomic E-state index is 12.9. The van der Waals surface area contributed by atoms with Crippen LogP contribution in [0.4, 0.5) is 0 Å². The van der Waals surface area contributed by atoms with Gasteiger partial charge < -0.3 is 33.2 Å². The first-order valence-corrected chi connectivity index (χ1v) is 10.2. The molecule has 0 saturated heterocycles. The Balaban J connectivity index is 2.18. The Hall–Kier alpha value is -3.69. The monoisotopic (exact) mass is 460 g/mol. The Labute approximate surface area is 166 Å². The maximum absolute atomic E-state index is 12.9. The predicted octanol–water partition coefficient (Wildman–Crippen LogP) is 0.560. The molecule has 0 radical (unpaired) electrons. The van der Waals surface area contributed by atoms with Crippen LogP contribution in [0.1, 0.15) is 0 Å². The highest BCUT2D eigenvalue weighted by molar-refractivity contribution is 7.95. The van der Waals surface area contributed by atoms with Crippen LogP contribution in [0.25, 0.3) is 22.3 Å². The second-order valence-corrected chi connectivity index (χ2v) is 8.30. The lowest BCUT2D eigenvalue weighted by atomic mass is 10.1. The SMILES string of the molecule is O=c1c2c(-c3ccc(O)c(O)c3)oc3cc(O)c(c(O)c13)OS(=O)(=O)OS(=O)(=O)O2. The van der Waals surface area contributed by atoms with Crippen molar-refractivity contribution >= 4 is 31.8 Å². The molecule has 0 atom stereocenters. The molecule has 2 heterocycles. The summed E-state index contributed by atoms with van der Waals surface area (Å²) in [4.78, 5) is 12.9. The third-order valence-electron chi connectivity index (χ3n) is 3.83. The van der Waals surface area contributed by atoms with E-state index in [9.17, 15) is 42.1 Å². The summed E-state index contributed by atoms with van der Waals surface area (Å²) in [6.07, 6.45) is 0. The molecule has 0 aliphatic carbocycles. The second kappa shape index (κ2) is 6.15. The largest absolute Gasteiger partial charge is 0.504 e. The number of hydrogen-bond donors (Lipinski definition) is 4. The molecule has 15 heteroatoms. The molecular formula is C15H8O13S2. The van der Waals surface area contributed by atoms with E-state index in [0.717, 1.165) is 18.2 Å². The number of benzene rings is 2. The van der Waals surface area contributed by atoms with Gasteiger partial charge in [-0.3, -0.25) is 4.79 Å². The molecule has 2 aromatic carbocycles. The Morgan fingerprint density at radius 3 is 2.03 bits per heavy atom. The minimum atomic E-state index is -5.50. The highest BCUT2D eigenvalue weighted by Gasteiger charge is 2.35. The number of hydrogen-bond acceptors (Lipinski definition) is 13. The number of phenolic OH excluding ortho intramolecular Hbond substituents is 4. The van der Waals surface area contributed by atoms with E-state index in [4.69, 9.17) is 4.42 Å². The minimum absolute atomic E-state index is 0.200. The molecule has 158 valence electrons. The van der Waals surface area contributed by atoms with Gasteiger partial charge in [-0.25, -0.2) is 0 Å². The lowest BCUT2D eigenvalue weighted by Crippen LogP contribution is -2.25. The molecule has 0 fully saturated rings. The fourth-order valence-electron chi connectivity index (χ4n) is 2.63. The summed E-state index contributed by atoms with van der Waals surface area (Å²) in [5.41, 5.74) is -2.03. The fraction of sp³-hybridized carbons (Fsp3) is 0. The highest BCUT2D eigenvalue weighted by atomic mass is 32.3. The van der Waals surface area contributed by atoms with Gasteiger partial charge in [-0.2, -0.15) is 16.8 Å². The number of aromatic hydroxyl groups is 4. The van der Waals surface area contributed by atoms with Crippen LogP contribution < -0.4 is 13.8 Å². The summed E-state index contributed by atoms with van der Waals surface area (Å²) in [6, 6.07) is 3.66. The van der Waals surface area contributed by atoms with E-state index in [1.165, 1.54) is 0 Å². The minimum Gasteiger partial charge on any atom is -0.504 e. The summed E-state index contributed by atoms with van der Waals surface area (Å²) >= 11 is 0. The van der Waals surface area contributed by atoms with Crippen molar-refractivity contribution in [2.75, 3.05) is 0 Å². The molecule has 0 unspecified atom stereocenters. The van der Waals surface area contributed by atoms with E-state index in [1.807, 2.05) is 0 Å². The van der Waals surface area contributed by atoms with Gasteiger partial charge in [-0.1, -0.05) is 3.63 Å². The topological polar surface area (TPSA) is 207 Å². The van der Waals surface area contributed by atoms with Crippen molar-refractivity contribution in [2.45, 2.75) is 0 Å². The van der Waals surface area contributed by atoms with E-state index >= 15 is 0 Å². The van der Waals surface area contributed by atoms with Crippen molar-refractivity contribution in [1.82, 2.24) is 0 Å². The van der Waals surface area contributed by atoms with Crippen LogP contribution in [-0.2, 0) is 24.4 Å². The van der Waals surface area contributed by atoms with E-state index in [1.54, 1.807) is 0 Å². The van der Waals surface area contributed by atoms with Crippen LogP contribution in [0.5, 0.6) is 34.5 Å². The van der Waals surface area contributed by atoms with Crippen molar-refractivity contribution < 1.29 is 53.7 Å². The van der Waals surface area contributed by atoms with Gasteiger partial charge in [0.2, 0.25) is 16.9 Å². The molecule has 4 N–H and O–H groups in total. The molecule has 1 aliphatic heterocycles. The molecule has 3 aromatic rings. The molecule has 0 amide bonds. The Bertz CT molecular complexity index is 1500. The van der Waals surface area contributed by atoms with Crippen LogP contribution in [0.15, 0.2) is 33.5 Å². The Morgan fingerprint density at radius 1 is 0.767 bits per heavy atom. The first kappa shape index (κ1) is 19.6. The van der Waals surface area contributed by atoms with Gasteiger partial charge in [-0.15, -0.1) is 0 Å². The van der Waals surface area contributed by atoms with Crippen molar-refractivity contribution in [3.8, 4) is 45.8 Å². The Kier molecular flexibility index (Phi) is 4.02. The highest BCUT2D eigenvalue weighted by Crippen LogP contribution is 2.45. The third kappa shape index (κ3) is 3.10. The summed E-state index contributed by atoms with van der Waals surface area (Å²) < 4.78 is 65.5. The van der Waals surface area contributed by atoms with Gasteiger partial charge in [0, 0.05) is 11.6 Å². The second-order valence-electron chi connectivity index (χ2n) is 5.79. The quantitative estimate of drug-likeness (QED) is 0.366. The van der Waals surface area contributed by atoms with E-state index in [-0.39, 0.29) is 5.56 Å². The summed E-state index contributed by atoms with van der Waals surface area (Å²) in [7, 11) is -10.9. The average Bonchev–Trinajstić information content (AvgIpc) is 2.61. The molecule has 1 aliphatic rings. The summed E-state index contributed by atoms with van der Waals surface area (Å²) in [6.45, 7) is 0. The van der Waals surface area contributed by atoms with Gasteiger partial charge in [0.15, 0.2) is 28.8 Å². The third-order valence-corrected chi connectivity index (χ3v) is 5.90. The van der Waals surface area contributed by atoms with Crippen molar-refractivity contribution in [1.29, 1.82) is 0 Å². The molecule has 3 bridgehead atoms. The standard InChI is InChI=1S/C15H8O13S2/c16-6-2-1-5(3-7(6)17)13-15-12(20)10-9(25-13)4-8(18)14(11(10)19)26-29(21,22)28-30(23,24)27-15/h1-4,16-19H. The zero-order valence-electron chi connectivity index (χ0n) is 14.1. The van der Waals surface area contributed by atoms with E-state index < -0.39 is 77.5 Å². The first-order valence-electron chi connectivity index (χ1n) is 7.56. The zero-order valence-corrected chi connectivity index (χ0v) is 15.7. The van der Waals surface area contributed by atoms with Gasteiger partial charge in [0.25, 0.3) is 0 Å². The summed E-state index contributed by atoms with van der Waals surface area (Å²) in [5.74, 6) is -6.47. The van der Waals surface area contributed by atoms with E-state index in [2.05, 4.69) is 12.0 Å². The molecule has 4 rings (SSSR count). The maximum Gasteiger partial charge on any atom is 0.466 e. The molecular weight excluding hydrogens is 452 g/mol. The lowest BCUT2D eigenvalue weighted by Gasteiger charge is -2.16. The molecule has 0 spiro atoms. The Morgan fingerprint density at radius 2 is 1.40 bits per heavy atom. The number of phenols is 4. The van der Waals surface area contributed by atoms with Crippen molar-refractivity contribution in [3.05, 3.63) is 34.5 Å². The molecule has 1 aromatic heterocycles. The average molecular weight is 460 g/mol. The van der Waals surface area contributed by atoms with Crippen LogP contribution in [0.2, 0.25) is 0 Å². The normalized spacial score (nSPS) is 16.8. The van der Waals surface area contributed by atoms with Crippen molar-refractivity contribution in [3.63, 3.8) is 0 Å². The van der Waals surface area contributed by atoms with E-state index in [0.29, 0.717) is 6.07 Å². The first-order chi connectivity index (χ1) is 13.9. The lowest BCUT2D eigenvalue weighted by molar-refractivity contribution is 0.332. The van der Waals surface area contributed by atoms with Gasteiger partial charge >= 0.3 is 20.8 Å². The zero-order chi connectivity index (χ0) is 22.0. The van der Waals surface area contributed by atoms with Gasteiger partial charge in [0.05, 0.1) is 0 Å². The van der Waals surface area contributed by atoms with Crippen molar-refractivity contribution in [2.24, 2.45) is 0 Å². The van der Waals surface area contributed by atoms with Crippen LogP contribution in [0.3, 0.4) is 0 Å². The molecule has 0 saturated carbocycles. The molecule has 30 heavy (non-hydrogen) atoms.